The molecule has 0 aliphatic carbocycles. The van der Waals surface area contributed by atoms with Gasteiger partial charge < -0.3 is 11.2 Å². The van der Waals surface area contributed by atoms with Crippen molar-refractivity contribution >= 4 is 35.0 Å². The fraction of sp³-hybridized carbons (Fsp3) is 0.182. The highest BCUT2D eigenvalue weighted by Crippen LogP contribution is 2.20. The molecule has 6 nitrogen and oxygen atoms in total. The number of halogens is 2. The number of aromatic nitrogens is 3. The Bertz CT molecular complexity index is 648. The average molecular weight is 316 g/mol. The Balaban J connectivity index is 1.96. The van der Waals surface area contributed by atoms with E-state index in [2.05, 4.69) is 15.5 Å². The predicted molar refractivity (Wildman–Crippen MR) is 75.7 cm³/mol. The normalized spacial score (nSPS) is 10.6. The summed E-state index contributed by atoms with van der Waals surface area (Å²) in [6.45, 7) is 1.69. The van der Waals surface area contributed by atoms with E-state index in [9.17, 15) is 9.18 Å². The number of nitrogen functional groups attached to an aromatic ring is 1. The van der Waals surface area contributed by atoms with Gasteiger partial charge in [0.1, 0.15) is 11.6 Å². The summed E-state index contributed by atoms with van der Waals surface area (Å²) in [5.41, 5.74) is 0.0356. The van der Waals surface area contributed by atoms with Gasteiger partial charge in [-0.05, 0) is 25.1 Å². The lowest BCUT2D eigenvalue weighted by atomic mass is 10.3. The van der Waals surface area contributed by atoms with E-state index in [1.165, 1.54) is 22.9 Å². The molecule has 1 aromatic heterocycles. The van der Waals surface area contributed by atoms with Crippen molar-refractivity contribution < 1.29 is 9.18 Å². The molecule has 106 valence electrons. The van der Waals surface area contributed by atoms with Crippen molar-refractivity contribution in [3.63, 3.8) is 0 Å². The number of carbonyl (C=O) groups is 1. The van der Waals surface area contributed by atoms with E-state index in [-0.39, 0.29) is 11.4 Å². The maximum atomic E-state index is 13.4. The summed E-state index contributed by atoms with van der Waals surface area (Å²) in [5.74, 6) is 5.27. The molecule has 0 fully saturated rings. The van der Waals surface area contributed by atoms with Gasteiger partial charge in [0.05, 0.1) is 11.4 Å². The van der Waals surface area contributed by atoms with Gasteiger partial charge in [-0.2, -0.15) is 0 Å². The Morgan fingerprint density at radius 3 is 2.95 bits per heavy atom. The molecular weight excluding hydrogens is 305 g/mol. The van der Waals surface area contributed by atoms with Crippen LogP contribution in [0.15, 0.2) is 23.4 Å². The first-order valence-corrected chi connectivity index (χ1v) is 6.88. The second kappa shape index (κ2) is 6.10. The third-order valence-corrected chi connectivity index (χ3v) is 3.55. The number of aryl methyl sites for hydroxylation is 1. The standard InChI is InChI=1S/C11H11ClFN5OS/c1-6-16-17-11(18(6)14)20-5-10(19)15-9-4-7(12)2-3-8(9)13/h2-4H,5,14H2,1H3,(H,15,19). The fourth-order valence-electron chi connectivity index (χ4n) is 1.36. The average Bonchev–Trinajstić information content (AvgIpc) is 2.72. The molecule has 0 atom stereocenters. The Hall–Kier alpha value is -1.80. The molecular formula is C11H11ClFN5OS. The number of anilines is 1. The molecule has 0 radical (unpaired) electrons. The van der Waals surface area contributed by atoms with Crippen LogP contribution >= 0.6 is 23.4 Å². The van der Waals surface area contributed by atoms with Crippen molar-refractivity contribution in [1.82, 2.24) is 14.9 Å². The molecule has 1 amide bonds. The second-order valence-electron chi connectivity index (χ2n) is 3.86. The Labute approximate surface area is 123 Å². The molecule has 2 rings (SSSR count). The molecule has 1 aromatic carbocycles. The van der Waals surface area contributed by atoms with Gasteiger partial charge in [0.15, 0.2) is 0 Å². The summed E-state index contributed by atoms with van der Waals surface area (Å²) in [7, 11) is 0. The van der Waals surface area contributed by atoms with E-state index in [1.807, 2.05) is 0 Å². The van der Waals surface area contributed by atoms with Crippen LogP contribution < -0.4 is 11.2 Å². The first-order chi connectivity index (χ1) is 9.47. The van der Waals surface area contributed by atoms with Gasteiger partial charge in [-0.25, -0.2) is 9.07 Å². The number of nitrogens with zero attached hydrogens (tertiary/aromatic N) is 3. The number of benzene rings is 1. The molecule has 0 aliphatic heterocycles. The van der Waals surface area contributed by atoms with Gasteiger partial charge in [-0.1, -0.05) is 23.4 Å². The summed E-state index contributed by atoms with van der Waals surface area (Å²) in [4.78, 5) is 11.7. The lowest BCUT2D eigenvalue weighted by Crippen LogP contribution is -2.17. The summed E-state index contributed by atoms with van der Waals surface area (Å²) >= 11 is 6.84. The monoisotopic (exact) mass is 315 g/mol. The SMILES string of the molecule is Cc1nnc(SCC(=O)Nc2cc(Cl)ccc2F)n1N. The van der Waals surface area contributed by atoms with Gasteiger partial charge in [0, 0.05) is 5.02 Å². The molecule has 3 N–H and O–H groups in total. The van der Waals surface area contributed by atoms with Gasteiger partial charge >= 0.3 is 0 Å². The van der Waals surface area contributed by atoms with Gasteiger partial charge in [-0.3, -0.25) is 4.79 Å². The summed E-state index contributed by atoms with van der Waals surface area (Å²) in [5, 5.41) is 10.7. The molecule has 2 aromatic rings. The molecule has 0 saturated heterocycles. The predicted octanol–water partition coefficient (Wildman–Crippen LogP) is 1.82. The van der Waals surface area contributed by atoms with Crippen LogP contribution in [0.4, 0.5) is 10.1 Å². The molecule has 9 heteroatoms. The number of rotatable bonds is 4. The van der Waals surface area contributed by atoms with Crippen molar-refractivity contribution in [2.24, 2.45) is 0 Å². The minimum absolute atomic E-state index is 0.0291. The third kappa shape index (κ3) is 3.40. The summed E-state index contributed by atoms with van der Waals surface area (Å²) in [6.07, 6.45) is 0. The number of hydrogen-bond acceptors (Lipinski definition) is 5. The van der Waals surface area contributed by atoms with Crippen molar-refractivity contribution in [1.29, 1.82) is 0 Å². The zero-order valence-electron chi connectivity index (χ0n) is 10.4. The first-order valence-electron chi connectivity index (χ1n) is 5.52. The highest BCUT2D eigenvalue weighted by molar-refractivity contribution is 7.99. The van der Waals surface area contributed by atoms with Crippen LogP contribution in [-0.4, -0.2) is 26.5 Å². The largest absolute Gasteiger partial charge is 0.336 e. The molecule has 0 bridgehead atoms. The molecule has 0 saturated carbocycles. The molecule has 20 heavy (non-hydrogen) atoms. The number of nitrogens with two attached hydrogens (primary N) is 1. The molecule has 0 aliphatic rings. The van der Waals surface area contributed by atoms with E-state index in [0.717, 1.165) is 11.8 Å². The lowest BCUT2D eigenvalue weighted by molar-refractivity contribution is -0.113. The van der Waals surface area contributed by atoms with Gasteiger partial charge in [0.2, 0.25) is 11.1 Å². The van der Waals surface area contributed by atoms with Crippen molar-refractivity contribution in [3.8, 4) is 0 Å². The van der Waals surface area contributed by atoms with Gasteiger partial charge in [-0.15, -0.1) is 10.2 Å². The topological polar surface area (TPSA) is 85.8 Å². The zero-order chi connectivity index (χ0) is 14.7. The van der Waals surface area contributed by atoms with Crippen LogP contribution in [-0.2, 0) is 4.79 Å². The number of nitrogens with one attached hydrogen (secondary N) is 1. The van der Waals surface area contributed by atoms with Gasteiger partial charge in [0.25, 0.3) is 0 Å². The third-order valence-electron chi connectivity index (χ3n) is 2.37. The lowest BCUT2D eigenvalue weighted by Gasteiger charge is -2.06. The van der Waals surface area contributed by atoms with Crippen LogP contribution in [0.25, 0.3) is 0 Å². The summed E-state index contributed by atoms with van der Waals surface area (Å²) in [6, 6.07) is 3.93. The van der Waals surface area contributed by atoms with E-state index in [0.29, 0.717) is 16.0 Å². The Morgan fingerprint density at radius 1 is 1.55 bits per heavy atom. The second-order valence-corrected chi connectivity index (χ2v) is 5.24. The molecule has 0 spiro atoms. The van der Waals surface area contributed by atoms with E-state index in [1.54, 1.807) is 6.92 Å². The van der Waals surface area contributed by atoms with E-state index < -0.39 is 11.7 Å². The fourth-order valence-corrected chi connectivity index (χ4v) is 2.23. The van der Waals surface area contributed by atoms with Crippen LogP contribution in [0, 0.1) is 12.7 Å². The zero-order valence-corrected chi connectivity index (χ0v) is 12.0. The van der Waals surface area contributed by atoms with Crippen molar-refractivity contribution in [2.45, 2.75) is 12.1 Å². The number of carbonyl (C=O) groups excluding carboxylic acids is 1. The molecule has 1 heterocycles. The maximum Gasteiger partial charge on any atom is 0.234 e. The Kier molecular flexibility index (Phi) is 4.46. The van der Waals surface area contributed by atoms with Crippen molar-refractivity contribution in [3.05, 3.63) is 34.9 Å². The van der Waals surface area contributed by atoms with E-state index >= 15 is 0 Å². The van der Waals surface area contributed by atoms with E-state index in [4.69, 9.17) is 17.4 Å². The number of hydrogen-bond donors (Lipinski definition) is 2. The quantitative estimate of drug-likeness (QED) is 0.664. The minimum atomic E-state index is -0.550. The molecule has 0 unspecified atom stereocenters. The number of amides is 1. The van der Waals surface area contributed by atoms with Crippen LogP contribution in [0.2, 0.25) is 5.02 Å². The minimum Gasteiger partial charge on any atom is -0.336 e. The maximum absolute atomic E-state index is 13.4. The first kappa shape index (κ1) is 14.6. The highest BCUT2D eigenvalue weighted by atomic mass is 35.5. The highest BCUT2D eigenvalue weighted by Gasteiger charge is 2.11. The Morgan fingerprint density at radius 2 is 2.30 bits per heavy atom. The van der Waals surface area contributed by atoms with Crippen LogP contribution in [0.1, 0.15) is 5.82 Å². The smallest absolute Gasteiger partial charge is 0.234 e. The van der Waals surface area contributed by atoms with Crippen molar-refractivity contribution in [2.75, 3.05) is 16.9 Å². The van der Waals surface area contributed by atoms with Crippen LogP contribution in [0.3, 0.4) is 0 Å². The summed E-state index contributed by atoms with van der Waals surface area (Å²) < 4.78 is 14.7. The number of thioether (sulfide) groups is 1. The van der Waals surface area contributed by atoms with Crippen LogP contribution in [0.5, 0.6) is 0 Å².